The average molecular weight is 248 g/mol. The summed E-state index contributed by atoms with van der Waals surface area (Å²) in [6.07, 6.45) is 3.55. The Morgan fingerprint density at radius 2 is 2.17 bits per heavy atom. The molecule has 1 aliphatic heterocycles. The van der Waals surface area contributed by atoms with Crippen LogP contribution in [0.5, 0.6) is 5.75 Å². The molecule has 0 aliphatic carbocycles. The second kappa shape index (κ2) is 5.72. The first-order chi connectivity index (χ1) is 8.61. The van der Waals surface area contributed by atoms with E-state index in [1.54, 1.807) is 7.11 Å². The third-order valence-electron chi connectivity index (χ3n) is 3.88. The van der Waals surface area contributed by atoms with Gasteiger partial charge in [0.2, 0.25) is 0 Å². The maximum atomic E-state index is 6.36. The first kappa shape index (κ1) is 13.4. The number of benzene rings is 1. The Balaban J connectivity index is 2.13. The van der Waals surface area contributed by atoms with Crippen LogP contribution in [0.15, 0.2) is 12.1 Å². The largest absolute Gasteiger partial charge is 0.496 e. The van der Waals surface area contributed by atoms with Crippen molar-refractivity contribution in [3.8, 4) is 5.75 Å². The molecule has 3 heteroatoms. The Morgan fingerprint density at radius 3 is 2.78 bits per heavy atom. The maximum absolute atomic E-state index is 6.36. The lowest BCUT2D eigenvalue weighted by Crippen LogP contribution is -2.27. The highest BCUT2D eigenvalue weighted by molar-refractivity contribution is 5.42. The molecule has 18 heavy (non-hydrogen) atoms. The molecule has 1 aromatic carbocycles. The van der Waals surface area contributed by atoms with Gasteiger partial charge in [0, 0.05) is 12.1 Å². The minimum Gasteiger partial charge on any atom is -0.496 e. The van der Waals surface area contributed by atoms with E-state index in [1.165, 1.54) is 24.0 Å². The van der Waals surface area contributed by atoms with Crippen LogP contribution in [0.2, 0.25) is 0 Å². The van der Waals surface area contributed by atoms with Gasteiger partial charge in [0.15, 0.2) is 0 Å². The van der Waals surface area contributed by atoms with Crippen LogP contribution in [0.4, 0.5) is 0 Å². The summed E-state index contributed by atoms with van der Waals surface area (Å²) in [6.45, 7) is 5.32. The van der Waals surface area contributed by atoms with Crippen molar-refractivity contribution < 1.29 is 4.74 Å². The number of rotatable bonds is 4. The van der Waals surface area contributed by atoms with Gasteiger partial charge >= 0.3 is 0 Å². The van der Waals surface area contributed by atoms with Crippen LogP contribution in [-0.2, 0) is 0 Å². The molecule has 3 nitrogen and oxygen atoms in total. The molecule has 0 radical (unpaired) electrons. The first-order valence-corrected chi connectivity index (χ1v) is 6.76. The van der Waals surface area contributed by atoms with E-state index in [4.69, 9.17) is 10.5 Å². The summed E-state index contributed by atoms with van der Waals surface area (Å²) >= 11 is 0. The fourth-order valence-corrected chi connectivity index (χ4v) is 2.82. The monoisotopic (exact) mass is 248 g/mol. The van der Waals surface area contributed by atoms with Crippen LogP contribution in [-0.4, -0.2) is 19.7 Å². The molecule has 2 rings (SSSR count). The standard InChI is InChI=1S/C15H24N2O/c1-10-8-15(18-3)11(2)7-13(10)14(16)9-12-5-4-6-17-12/h7-8,12,14,17H,4-6,9,16H2,1-3H3. The van der Waals surface area contributed by atoms with Gasteiger partial charge in [0.25, 0.3) is 0 Å². The summed E-state index contributed by atoms with van der Waals surface area (Å²) in [5.41, 5.74) is 9.99. The zero-order valence-corrected chi connectivity index (χ0v) is 11.6. The van der Waals surface area contributed by atoms with E-state index < -0.39 is 0 Å². The van der Waals surface area contributed by atoms with E-state index in [0.717, 1.165) is 24.3 Å². The predicted molar refractivity (Wildman–Crippen MR) is 75.0 cm³/mol. The minimum absolute atomic E-state index is 0.116. The van der Waals surface area contributed by atoms with Gasteiger partial charge in [0.05, 0.1) is 7.11 Å². The molecule has 0 bridgehead atoms. The lowest BCUT2D eigenvalue weighted by atomic mass is 9.94. The van der Waals surface area contributed by atoms with Crippen molar-refractivity contribution in [2.45, 2.75) is 45.2 Å². The fraction of sp³-hybridized carbons (Fsp3) is 0.600. The molecule has 0 aromatic heterocycles. The lowest BCUT2D eigenvalue weighted by molar-refractivity contribution is 0.410. The Kier molecular flexibility index (Phi) is 4.25. The van der Waals surface area contributed by atoms with Crippen molar-refractivity contribution in [3.63, 3.8) is 0 Å². The van der Waals surface area contributed by atoms with Gasteiger partial charge < -0.3 is 15.8 Å². The van der Waals surface area contributed by atoms with Crippen molar-refractivity contribution >= 4 is 0 Å². The van der Waals surface area contributed by atoms with E-state index in [9.17, 15) is 0 Å². The highest BCUT2D eigenvalue weighted by Gasteiger charge is 2.20. The molecule has 100 valence electrons. The van der Waals surface area contributed by atoms with Gasteiger partial charge in [-0.2, -0.15) is 0 Å². The Morgan fingerprint density at radius 1 is 1.39 bits per heavy atom. The fourth-order valence-electron chi connectivity index (χ4n) is 2.82. The average Bonchev–Trinajstić information content (AvgIpc) is 2.84. The van der Waals surface area contributed by atoms with Gasteiger partial charge in [-0.15, -0.1) is 0 Å². The summed E-state index contributed by atoms with van der Waals surface area (Å²) in [7, 11) is 1.71. The molecule has 0 spiro atoms. The number of hydrogen-bond donors (Lipinski definition) is 2. The van der Waals surface area contributed by atoms with Crippen molar-refractivity contribution in [1.82, 2.24) is 5.32 Å². The normalized spacial score (nSPS) is 21.0. The van der Waals surface area contributed by atoms with Gasteiger partial charge in [-0.25, -0.2) is 0 Å². The molecule has 1 heterocycles. The SMILES string of the molecule is COc1cc(C)c(C(N)CC2CCCN2)cc1C. The van der Waals surface area contributed by atoms with Crippen molar-refractivity contribution in [3.05, 3.63) is 28.8 Å². The van der Waals surface area contributed by atoms with Crippen molar-refractivity contribution in [2.24, 2.45) is 5.73 Å². The zero-order chi connectivity index (χ0) is 13.1. The topological polar surface area (TPSA) is 47.3 Å². The maximum Gasteiger partial charge on any atom is 0.122 e. The Hall–Kier alpha value is -1.06. The molecule has 0 amide bonds. The summed E-state index contributed by atoms with van der Waals surface area (Å²) < 4.78 is 5.34. The molecule has 1 aliphatic rings. The predicted octanol–water partition coefficient (Wildman–Crippen LogP) is 2.45. The number of ether oxygens (including phenoxy) is 1. The van der Waals surface area contributed by atoms with Crippen LogP contribution in [0.3, 0.4) is 0 Å². The number of methoxy groups -OCH3 is 1. The van der Waals surface area contributed by atoms with E-state index in [-0.39, 0.29) is 6.04 Å². The smallest absolute Gasteiger partial charge is 0.122 e. The quantitative estimate of drug-likeness (QED) is 0.860. The molecule has 0 saturated carbocycles. The van der Waals surface area contributed by atoms with E-state index in [0.29, 0.717) is 6.04 Å². The number of hydrogen-bond acceptors (Lipinski definition) is 3. The van der Waals surface area contributed by atoms with Gasteiger partial charge in [-0.05, 0) is 62.4 Å². The molecule has 1 aromatic rings. The summed E-state index contributed by atoms with van der Waals surface area (Å²) in [5.74, 6) is 0.947. The molecule has 2 unspecified atom stereocenters. The van der Waals surface area contributed by atoms with E-state index in [2.05, 4.69) is 31.3 Å². The Bertz CT molecular complexity index is 411. The second-order valence-electron chi connectivity index (χ2n) is 5.31. The number of nitrogens with one attached hydrogen (secondary N) is 1. The van der Waals surface area contributed by atoms with Crippen molar-refractivity contribution in [2.75, 3.05) is 13.7 Å². The molecule has 3 N–H and O–H groups in total. The molecule has 1 fully saturated rings. The van der Waals surface area contributed by atoms with Crippen molar-refractivity contribution in [1.29, 1.82) is 0 Å². The highest BCUT2D eigenvalue weighted by Crippen LogP contribution is 2.28. The van der Waals surface area contributed by atoms with E-state index >= 15 is 0 Å². The third kappa shape index (κ3) is 2.85. The molecular weight excluding hydrogens is 224 g/mol. The van der Waals surface area contributed by atoms with Crippen LogP contribution >= 0.6 is 0 Å². The second-order valence-corrected chi connectivity index (χ2v) is 5.31. The van der Waals surface area contributed by atoms with Crippen LogP contribution in [0, 0.1) is 13.8 Å². The van der Waals surface area contributed by atoms with Crippen LogP contribution in [0.1, 0.15) is 42.0 Å². The third-order valence-corrected chi connectivity index (χ3v) is 3.88. The van der Waals surface area contributed by atoms with Gasteiger partial charge in [-0.3, -0.25) is 0 Å². The summed E-state index contributed by atoms with van der Waals surface area (Å²) in [5, 5.41) is 3.51. The number of nitrogens with two attached hydrogens (primary N) is 1. The summed E-state index contributed by atoms with van der Waals surface area (Å²) in [6, 6.07) is 4.97. The molecule has 2 atom stereocenters. The van der Waals surface area contributed by atoms with Gasteiger partial charge in [-0.1, -0.05) is 6.07 Å². The molecule has 1 saturated heterocycles. The van der Waals surface area contributed by atoms with E-state index in [1.807, 2.05) is 0 Å². The first-order valence-electron chi connectivity index (χ1n) is 6.76. The lowest BCUT2D eigenvalue weighted by Gasteiger charge is -2.20. The minimum atomic E-state index is 0.116. The molecular formula is C15H24N2O. The van der Waals surface area contributed by atoms with Crippen LogP contribution in [0.25, 0.3) is 0 Å². The highest BCUT2D eigenvalue weighted by atomic mass is 16.5. The van der Waals surface area contributed by atoms with Gasteiger partial charge in [0.1, 0.15) is 5.75 Å². The zero-order valence-electron chi connectivity index (χ0n) is 11.6. The number of aryl methyl sites for hydroxylation is 2. The Labute approximate surface area is 110 Å². The summed E-state index contributed by atoms with van der Waals surface area (Å²) in [4.78, 5) is 0. The van der Waals surface area contributed by atoms with Crippen LogP contribution < -0.4 is 15.8 Å².